The predicted molar refractivity (Wildman–Crippen MR) is 121 cm³/mol. The van der Waals surface area contributed by atoms with E-state index in [0.29, 0.717) is 26.9 Å². The first-order chi connectivity index (χ1) is 15.1. The number of nitrogens with one attached hydrogen (secondary N) is 3. The van der Waals surface area contributed by atoms with Crippen LogP contribution < -0.4 is 21.4 Å². The zero-order chi connectivity index (χ0) is 21.4. The molecule has 0 saturated carbocycles. The number of amidine groups is 1. The molecule has 0 spiro atoms. The molecule has 2 aromatic carbocycles. The third-order valence-electron chi connectivity index (χ3n) is 5.70. The number of hydrazone groups is 1. The van der Waals surface area contributed by atoms with Gasteiger partial charge in [0.2, 0.25) is 0 Å². The maximum absolute atomic E-state index is 14.7. The van der Waals surface area contributed by atoms with Gasteiger partial charge < -0.3 is 4.90 Å². The Morgan fingerprint density at radius 1 is 1.13 bits per heavy atom. The number of benzene rings is 2. The summed E-state index contributed by atoms with van der Waals surface area (Å²) in [5.74, 6) is 1.63. The molecule has 2 aliphatic rings. The molecule has 0 radical (unpaired) electrons. The van der Waals surface area contributed by atoms with E-state index in [1.807, 2.05) is 6.07 Å². The molecular formula is C21H20Cl2FN7. The van der Waals surface area contributed by atoms with Gasteiger partial charge in [-0.15, -0.1) is 10.6 Å². The minimum atomic E-state index is -0.377. The number of nitrogens with zero attached hydrogens (tertiary/aromatic N) is 4. The van der Waals surface area contributed by atoms with Gasteiger partial charge in [0.15, 0.2) is 0 Å². The number of piperidine rings is 1. The maximum atomic E-state index is 14.7. The molecule has 3 heterocycles. The molecule has 1 atom stereocenters. The van der Waals surface area contributed by atoms with Crippen molar-refractivity contribution in [2.75, 3.05) is 18.0 Å². The van der Waals surface area contributed by atoms with Crippen molar-refractivity contribution >= 4 is 45.8 Å². The van der Waals surface area contributed by atoms with Gasteiger partial charge in [-0.25, -0.2) is 19.9 Å². The average molecular weight is 460 g/mol. The number of aromatic nitrogens is 2. The van der Waals surface area contributed by atoms with Crippen molar-refractivity contribution in [3.63, 3.8) is 0 Å². The SMILES string of the molecule is Fc1ccc(-c2ccc(Cl)c(Cl)c2)c2c(N3CCCC(CC4=NNNN4)C3)ncnc12. The standard InChI is InChI=1S/C21H20Cl2FN7/c22-15-5-3-13(9-16(15)23)14-4-6-17(24)20-19(14)21(26-11-25-20)31-7-1-2-12(10-31)8-18-27-29-30-28-18/h3-6,9,11-12,29-30H,1-2,7-8,10H2,(H,27,28). The third kappa shape index (κ3) is 3.98. The number of hydrogen-bond donors (Lipinski definition) is 3. The van der Waals surface area contributed by atoms with Crippen LogP contribution in [0.2, 0.25) is 10.0 Å². The number of anilines is 1. The van der Waals surface area contributed by atoms with Gasteiger partial charge >= 0.3 is 0 Å². The van der Waals surface area contributed by atoms with Crippen molar-refractivity contribution in [2.45, 2.75) is 19.3 Å². The van der Waals surface area contributed by atoms with Crippen LogP contribution in [-0.2, 0) is 0 Å². The van der Waals surface area contributed by atoms with Crippen LogP contribution in [0, 0.1) is 11.7 Å². The van der Waals surface area contributed by atoms with Crippen LogP contribution in [0.1, 0.15) is 19.3 Å². The molecule has 0 amide bonds. The maximum Gasteiger partial charge on any atom is 0.149 e. The highest BCUT2D eigenvalue weighted by Crippen LogP contribution is 2.38. The van der Waals surface area contributed by atoms with Crippen LogP contribution in [0.3, 0.4) is 0 Å². The third-order valence-corrected chi connectivity index (χ3v) is 6.44. The Labute approximate surface area is 188 Å². The number of halogens is 3. The van der Waals surface area contributed by atoms with E-state index in [-0.39, 0.29) is 5.82 Å². The van der Waals surface area contributed by atoms with E-state index in [1.165, 1.54) is 12.4 Å². The summed E-state index contributed by atoms with van der Waals surface area (Å²) in [7, 11) is 0. The Bertz CT molecular complexity index is 1170. The fourth-order valence-corrected chi connectivity index (χ4v) is 4.58. The molecule has 0 aliphatic carbocycles. The summed E-state index contributed by atoms with van der Waals surface area (Å²) in [5.41, 5.74) is 10.4. The van der Waals surface area contributed by atoms with Crippen LogP contribution in [0.15, 0.2) is 41.8 Å². The lowest BCUT2D eigenvalue weighted by atomic mass is 9.93. The summed E-state index contributed by atoms with van der Waals surface area (Å²) in [6, 6.07) is 8.59. The largest absolute Gasteiger partial charge is 0.356 e. The average Bonchev–Trinajstić information content (AvgIpc) is 3.29. The second kappa shape index (κ2) is 8.45. The van der Waals surface area contributed by atoms with Crippen LogP contribution >= 0.6 is 23.2 Å². The van der Waals surface area contributed by atoms with Crippen molar-refractivity contribution in [2.24, 2.45) is 11.0 Å². The van der Waals surface area contributed by atoms with E-state index in [0.717, 1.165) is 55.1 Å². The Hall–Kier alpha value is -2.68. The van der Waals surface area contributed by atoms with Gasteiger partial charge in [-0.1, -0.05) is 35.3 Å². The summed E-state index contributed by atoms with van der Waals surface area (Å²) in [4.78, 5) is 11.0. The molecule has 31 heavy (non-hydrogen) atoms. The predicted octanol–water partition coefficient (Wildman–Crippen LogP) is 4.28. The second-order valence-corrected chi connectivity index (χ2v) is 8.54. The first-order valence-electron chi connectivity index (χ1n) is 10.1. The lowest BCUT2D eigenvalue weighted by Crippen LogP contribution is -2.40. The van der Waals surface area contributed by atoms with Gasteiger partial charge in [0.1, 0.15) is 29.3 Å². The van der Waals surface area contributed by atoms with Gasteiger partial charge in [0.05, 0.1) is 15.4 Å². The van der Waals surface area contributed by atoms with E-state index in [4.69, 9.17) is 23.2 Å². The van der Waals surface area contributed by atoms with Gasteiger partial charge in [-0.2, -0.15) is 0 Å². The van der Waals surface area contributed by atoms with Crippen molar-refractivity contribution < 1.29 is 4.39 Å². The van der Waals surface area contributed by atoms with Crippen molar-refractivity contribution in [3.05, 3.63) is 52.5 Å². The summed E-state index contributed by atoms with van der Waals surface area (Å²) >= 11 is 12.4. The van der Waals surface area contributed by atoms with Crippen LogP contribution in [0.25, 0.3) is 22.0 Å². The highest BCUT2D eigenvalue weighted by atomic mass is 35.5. The number of rotatable bonds is 4. The summed E-state index contributed by atoms with van der Waals surface area (Å²) in [5, 5.41) is 5.78. The Morgan fingerprint density at radius 3 is 2.84 bits per heavy atom. The first kappa shape index (κ1) is 20.2. The lowest BCUT2D eigenvalue weighted by molar-refractivity contribution is 0.422. The molecule has 5 rings (SSSR count). The summed E-state index contributed by atoms with van der Waals surface area (Å²) < 4.78 is 14.7. The summed E-state index contributed by atoms with van der Waals surface area (Å²) in [6.07, 6.45) is 4.35. The minimum absolute atomic E-state index is 0.297. The van der Waals surface area contributed by atoms with Crippen molar-refractivity contribution in [1.29, 1.82) is 0 Å². The van der Waals surface area contributed by atoms with E-state index in [2.05, 4.69) is 36.5 Å². The normalized spacial score (nSPS) is 18.6. The Balaban J connectivity index is 1.56. The molecule has 1 unspecified atom stereocenters. The van der Waals surface area contributed by atoms with E-state index in [9.17, 15) is 4.39 Å². The van der Waals surface area contributed by atoms with Gasteiger partial charge in [0.25, 0.3) is 0 Å². The topological polar surface area (TPSA) is 77.5 Å². The molecule has 160 valence electrons. The monoisotopic (exact) mass is 459 g/mol. The molecule has 1 fully saturated rings. The van der Waals surface area contributed by atoms with E-state index in [1.54, 1.807) is 18.2 Å². The van der Waals surface area contributed by atoms with E-state index < -0.39 is 0 Å². The highest BCUT2D eigenvalue weighted by Gasteiger charge is 2.26. The Morgan fingerprint density at radius 2 is 2.03 bits per heavy atom. The Kier molecular flexibility index (Phi) is 5.52. The first-order valence-corrected chi connectivity index (χ1v) is 10.8. The van der Waals surface area contributed by atoms with Gasteiger partial charge in [0, 0.05) is 19.5 Å². The molecular weight excluding hydrogens is 440 g/mol. The zero-order valence-electron chi connectivity index (χ0n) is 16.5. The quantitative estimate of drug-likeness (QED) is 0.540. The molecule has 10 heteroatoms. The van der Waals surface area contributed by atoms with Crippen molar-refractivity contribution in [3.8, 4) is 11.1 Å². The number of hydrogen-bond acceptors (Lipinski definition) is 7. The molecule has 0 bridgehead atoms. The highest BCUT2D eigenvalue weighted by molar-refractivity contribution is 6.42. The second-order valence-electron chi connectivity index (χ2n) is 7.72. The molecule has 2 aliphatic heterocycles. The van der Waals surface area contributed by atoms with Crippen molar-refractivity contribution in [1.82, 2.24) is 26.5 Å². The molecule has 7 nitrogen and oxygen atoms in total. The van der Waals surface area contributed by atoms with Gasteiger partial charge in [-0.3, -0.25) is 5.43 Å². The van der Waals surface area contributed by atoms with Crippen LogP contribution in [-0.4, -0.2) is 28.9 Å². The zero-order valence-corrected chi connectivity index (χ0v) is 18.0. The van der Waals surface area contributed by atoms with Gasteiger partial charge in [-0.05, 0) is 48.1 Å². The summed E-state index contributed by atoms with van der Waals surface area (Å²) in [6.45, 7) is 1.64. The molecule has 3 aromatic rings. The number of fused-ring (bicyclic) bond motifs is 1. The fraction of sp³-hybridized carbons (Fsp3) is 0.286. The van der Waals surface area contributed by atoms with Crippen LogP contribution in [0.5, 0.6) is 0 Å². The smallest absolute Gasteiger partial charge is 0.149 e. The minimum Gasteiger partial charge on any atom is -0.356 e. The lowest BCUT2D eigenvalue weighted by Gasteiger charge is -2.34. The van der Waals surface area contributed by atoms with E-state index >= 15 is 0 Å². The molecule has 3 N–H and O–H groups in total. The van der Waals surface area contributed by atoms with Crippen LogP contribution in [0.4, 0.5) is 10.2 Å². The molecule has 1 saturated heterocycles. The number of hydrazine groups is 2. The fourth-order valence-electron chi connectivity index (χ4n) is 4.29. The molecule has 1 aromatic heterocycles.